The van der Waals surface area contributed by atoms with E-state index in [2.05, 4.69) is 6.92 Å². The number of hydrogen-bond donors (Lipinski definition) is 1. The Labute approximate surface area is 123 Å². The molecule has 0 aliphatic heterocycles. The van der Waals surface area contributed by atoms with Crippen LogP contribution in [-0.4, -0.2) is 11.3 Å². The molecule has 0 amide bonds. The predicted octanol–water partition coefficient (Wildman–Crippen LogP) is 4.99. The Hall–Kier alpha value is 0.110. The first-order valence-corrected chi connectivity index (χ1v) is 8.11. The molecule has 1 aliphatic rings. The third-order valence-corrected chi connectivity index (χ3v) is 5.82. The normalized spacial score (nSPS) is 28.3. The summed E-state index contributed by atoms with van der Waals surface area (Å²) < 4.78 is 0. The number of benzene rings is 1. The van der Waals surface area contributed by atoms with Crippen LogP contribution >= 0.6 is 35.0 Å². The van der Waals surface area contributed by atoms with Crippen LogP contribution in [0.1, 0.15) is 32.6 Å². The van der Waals surface area contributed by atoms with Crippen molar-refractivity contribution in [1.29, 1.82) is 0 Å². The molecule has 0 radical (unpaired) electrons. The molecule has 2 rings (SSSR count). The lowest BCUT2D eigenvalue weighted by Gasteiger charge is -2.33. The van der Waals surface area contributed by atoms with Crippen LogP contribution in [0.2, 0.25) is 10.0 Å². The fraction of sp³-hybridized carbons (Fsp3) is 0.571. The molecule has 100 valence electrons. The molecule has 1 aromatic rings. The smallest absolute Gasteiger partial charge is 0.0603 e. The third kappa shape index (κ3) is 3.57. The van der Waals surface area contributed by atoms with Gasteiger partial charge >= 0.3 is 0 Å². The first-order valence-electron chi connectivity index (χ1n) is 6.47. The Kier molecular flexibility index (Phi) is 5.25. The number of hydrogen-bond acceptors (Lipinski definition) is 2. The molecule has 0 aromatic heterocycles. The van der Waals surface area contributed by atoms with Crippen LogP contribution < -0.4 is 5.73 Å². The fourth-order valence-electron chi connectivity index (χ4n) is 2.47. The van der Waals surface area contributed by atoms with Gasteiger partial charge in [-0.25, -0.2) is 0 Å². The van der Waals surface area contributed by atoms with Crippen LogP contribution in [0, 0.1) is 5.92 Å². The van der Waals surface area contributed by atoms with E-state index in [1.807, 2.05) is 30.0 Å². The lowest BCUT2D eigenvalue weighted by atomic mass is 9.84. The molecule has 18 heavy (non-hydrogen) atoms. The number of rotatable bonds is 3. The summed E-state index contributed by atoms with van der Waals surface area (Å²) in [6.07, 6.45) is 4.88. The highest BCUT2D eigenvalue weighted by Crippen LogP contribution is 2.38. The van der Waals surface area contributed by atoms with E-state index in [4.69, 9.17) is 28.9 Å². The lowest BCUT2D eigenvalue weighted by molar-refractivity contribution is 0.327. The van der Waals surface area contributed by atoms with Gasteiger partial charge in [0.1, 0.15) is 0 Å². The highest BCUT2D eigenvalue weighted by atomic mass is 35.5. The summed E-state index contributed by atoms with van der Waals surface area (Å²) in [6, 6.07) is 6.13. The van der Waals surface area contributed by atoms with Crippen molar-refractivity contribution in [1.82, 2.24) is 0 Å². The summed E-state index contributed by atoms with van der Waals surface area (Å²) >= 11 is 13.8. The molecule has 2 N–H and O–H groups in total. The van der Waals surface area contributed by atoms with E-state index in [0.29, 0.717) is 21.3 Å². The maximum atomic E-state index is 6.23. The van der Waals surface area contributed by atoms with E-state index in [1.54, 1.807) is 0 Å². The largest absolute Gasteiger partial charge is 0.327 e. The third-order valence-electron chi connectivity index (χ3n) is 3.71. The van der Waals surface area contributed by atoms with Crippen LogP contribution in [0.3, 0.4) is 0 Å². The van der Waals surface area contributed by atoms with Crippen molar-refractivity contribution in [2.75, 3.05) is 0 Å². The molecule has 1 nitrogen and oxygen atoms in total. The van der Waals surface area contributed by atoms with Gasteiger partial charge in [-0.05, 0) is 43.4 Å². The molecular formula is C14H19Cl2NS. The van der Waals surface area contributed by atoms with Gasteiger partial charge in [0.15, 0.2) is 0 Å². The quantitative estimate of drug-likeness (QED) is 0.851. The van der Waals surface area contributed by atoms with Crippen molar-refractivity contribution in [2.45, 2.75) is 48.8 Å². The van der Waals surface area contributed by atoms with Crippen molar-refractivity contribution in [3.8, 4) is 0 Å². The Morgan fingerprint density at radius 2 is 2.06 bits per heavy atom. The van der Waals surface area contributed by atoms with Crippen molar-refractivity contribution >= 4 is 35.0 Å². The zero-order valence-corrected chi connectivity index (χ0v) is 12.9. The molecule has 0 spiro atoms. The van der Waals surface area contributed by atoms with Gasteiger partial charge in [-0.3, -0.25) is 0 Å². The number of thioether (sulfide) groups is 1. The average molecular weight is 304 g/mol. The van der Waals surface area contributed by atoms with Crippen molar-refractivity contribution in [2.24, 2.45) is 11.7 Å². The fourth-order valence-corrected chi connectivity index (χ4v) is 4.19. The number of nitrogens with two attached hydrogens (primary N) is 1. The standard InChI is InChI=1S/C14H19Cl2NS/c1-2-9-3-6-13(17)14(7-9)18-10-4-5-11(15)12(16)8-10/h4-5,8-9,13-14H,2-3,6-7,17H2,1H3. The van der Waals surface area contributed by atoms with E-state index >= 15 is 0 Å². The SMILES string of the molecule is CCC1CCC(N)C(Sc2ccc(Cl)c(Cl)c2)C1. The Morgan fingerprint density at radius 1 is 1.28 bits per heavy atom. The second-order valence-electron chi connectivity index (χ2n) is 4.98. The highest BCUT2D eigenvalue weighted by molar-refractivity contribution is 8.00. The van der Waals surface area contributed by atoms with E-state index < -0.39 is 0 Å². The van der Waals surface area contributed by atoms with Gasteiger partial charge in [0, 0.05) is 16.2 Å². The molecule has 1 aromatic carbocycles. The highest BCUT2D eigenvalue weighted by Gasteiger charge is 2.28. The van der Waals surface area contributed by atoms with Crippen molar-refractivity contribution in [3.63, 3.8) is 0 Å². The molecular weight excluding hydrogens is 285 g/mol. The van der Waals surface area contributed by atoms with Crippen LogP contribution in [0.5, 0.6) is 0 Å². The van der Waals surface area contributed by atoms with Crippen LogP contribution in [-0.2, 0) is 0 Å². The van der Waals surface area contributed by atoms with Gasteiger partial charge in [0.25, 0.3) is 0 Å². The molecule has 0 saturated heterocycles. The minimum absolute atomic E-state index is 0.298. The van der Waals surface area contributed by atoms with Gasteiger partial charge in [0.2, 0.25) is 0 Å². The summed E-state index contributed by atoms with van der Waals surface area (Å²) in [7, 11) is 0. The summed E-state index contributed by atoms with van der Waals surface area (Å²) in [5.41, 5.74) is 6.23. The summed E-state index contributed by atoms with van der Waals surface area (Å²) in [5.74, 6) is 0.824. The van der Waals surface area contributed by atoms with E-state index in [0.717, 1.165) is 12.3 Å². The Bertz CT molecular complexity index is 411. The monoisotopic (exact) mass is 303 g/mol. The summed E-state index contributed by atoms with van der Waals surface area (Å²) in [4.78, 5) is 1.17. The molecule has 0 bridgehead atoms. The maximum absolute atomic E-state index is 6.23. The minimum Gasteiger partial charge on any atom is -0.327 e. The molecule has 4 heteroatoms. The van der Waals surface area contributed by atoms with Crippen molar-refractivity contribution < 1.29 is 0 Å². The molecule has 1 saturated carbocycles. The van der Waals surface area contributed by atoms with Gasteiger partial charge in [-0.1, -0.05) is 36.5 Å². The molecule has 3 unspecified atom stereocenters. The van der Waals surface area contributed by atoms with Crippen LogP contribution in [0.4, 0.5) is 0 Å². The topological polar surface area (TPSA) is 26.0 Å². The number of halogens is 2. The summed E-state index contributed by atoms with van der Waals surface area (Å²) in [6.45, 7) is 2.27. The zero-order chi connectivity index (χ0) is 13.1. The average Bonchev–Trinajstić information content (AvgIpc) is 2.36. The predicted molar refractivity (Wildman–Crippen MR) is 81.7 cm³/mol. The Morgan fingerprint density at radius 3 is 2.72 bits per heavy atom. The lowest BCUT2D eigenvalue weighted by Crippen LogP contribution is -2.38. The first kappa shape index (κ1) is 14.5. The second-order valence-corrected chi connectivity index (χ2v) is 7.11. The molecule has 0 heterocycles. The van der Waals surface area contributed by atoms with E-state index in [1.165, 1.54) is 24.2 Å². The summed E-state index contributed by atoms with van der Waals surface area (Å²) in [5, 5.41) is 1.74. The van der Waals surface area contributed by atoms with Crippen LogP contribution in [0.15, 0.2) is 23.1 Å². The van der Waals surface area contributed by atoms with Crippen LogP contribution in [0.25, 0.3) is 0 Å². The molecule has 1 fully saturated rings. The maximum Gasteiger partial charge on any atom is 0.0603 e. The van der Waals surface area contributed by atoms with Crippen molar-refractivity contribution in [3.05, 3.63) is 28.2 Å². The zero-order valence-electron chi connectivity index (χ0n) is 10.5. The van der Waals surface area contributed by atoms with Gasteiger partial charge in [0.05, 0.1) is 10.0 Å². The first-order chi connectivity index (χ1) is 8.60. The van der Waals surface area contributed by atoms with Gasteiger partial charge < -0.3 is 5.73 Å². The second kappa shape index (κ2) is 6.51. The van der Waals surface area contributed by atoms with E-state index in [-0.39, 0.29) is 0 Å². The van der Waals surface area contributed by atoms with E-state index in [9.17, 15) is 0 Å². The minimum atomic E-state index is 0.298. The van der Waals surface area contributed by atoms with Gasteiger partial charge in [-0.2, -0.15) is 0 Å². The molecule has 1 aliphatic carbocycles. The van der Waals surface area contributed by atoms with Gasteiger partial charge in [-0.15, -0.1) is 11.8 Å². The molecule has 3 atom stereocenters. The Balaban J connectivity index is 2.04.